The molecule has 0 unspecified atom stereocenters. The van der Waals surface area contributed by atoms with Crippen molar-refractivity contribution in [3.05, 3.63) is 116 Å². The molecule has 134 valence electrons. The molecule has 0 heterocycles. The summed E-state index contributed by atoms with van der Waals surface area (Å²) in [6, 6.07) is 31.3. The molecule has 2 heteroatoms. The van der Waals surface area contributed by atoms with Crippen molar-refractivity contribution < 1.29 is 0 Å². The van der Waals surface area contributed by atoms with Crippen molar-refractivity contribution in [2.75, 3.05) is 0 Å². The quantitative estimate of drug-likeness (QED) is 0.238. The smallest absolute Gasteiger partial charge is 0.0510 e. The second kappa shape index (κ2) is 5.92. The van der Waals surface area contributed by atoms with Crippen LogP contribution in [0.4, 0.5) is 0 Å². The summed E-state index contributed by atoms with van der Waals surface area (Å²) in [5.41, 5.74) is 10.9. The van der Waals surface area contributed by atoms with E-state index in [1.807, 2.05) is 0 Å². The molecular formula is C26H16Br2. The van der Waals surface area contributed by atoms with Gasteiger partial charge in [0.15, 0.2) is 0 Å². The standard InChI is InChI=1S/C26H16Br2/c27-17-9-11-19-16(13-17)15-26(25-14-18(28)10-12-22(19)25)23-7-3-1-5-20(23)21-6-2-4-8-24(21)26/h1-14H,15H2. The van der Waals surface area contributed by atoms with E-state index in [1.165, 1.54) is 44.5 Å². The van der Waals surface area contributed by atoms with Crippen LogP contribution in [-0.4, -0.2) is 0 Å². The fourth-order valence-corrected chi connectivity index (χ4v) is 6.03. The van der Waals surface area contributed by atoms with Gasteiger partial charge in [-0.15, -0.1) is 0 Å². The molecule has 0 radical (unpaired) electrons. The SMILES string of the molecule is Brc1ccc2c(c1)CC1(c3cc(Br)ccc3-2)c2ccccc2-c2ccccc21. The van der Waals surface area contributed by atoms with Gasteiger partial charge in [-0.2, -0.15) is 0 Å². The molecule has 0 fully saturated rings. The first-order valence-electron chi connectivity index (χ1n) is 9.47. The molecule has 2 aliphatic carbocycles. The van der Waals surface area contributed by atoms with Crippen molar-refractivity contribution in [2.45, 2.75) is 11.8 Å². The monoisotopic (exact) mass is 486 g/mol. The highest BCUT2D eigenvalue weighted by Gasteiger charge is 2.48. The molecule has 0 N–H and O–H groups in total. The summed E-state index contributed by atoms with van der Waals surface area (Å²) in [7, 11) is 0. The van der Waals surface area contributed by atoms with Crippen LogP contribution in [0.1, 0.15) is 22.3 Å². The molecule has 6 rings (SSSR count). The van der Waals surface area contributed by atoms with Gasteiger partial charge in [-0.1, -0.05) is 92.5 Å². The van der Waals surface area contributed by atoms with Crippen molar-refractivity contribution in [1.82, 2.24) is 0 Å². The molecule has 4 aromatic rings. The summed E-state index contributed by atoms with van der Waals surface area (Å²) >= 11 is 7.44. The van der Waals surface area contributed by atoms with E-state index < -0.39 is 0 Å². The van der Waals surface area contributed by atoms with Gasteiger partial charge in [0.1, 0.15) is 0 Å². The zero-order chi connectivity index (χ0) is 18.9. The lowest BCUT2D eigenvalue weighted by molar-refractivity contribution is 0.622. The van der Waals surface area contributed by atoms with Gasteiger partial charge in [0.25, 0.3) is 0 Å². The molecule has 0 saturated heterocycles. The van der Waals surface area contributed by atoms with Crippen molar-refractivity contribution in [1.29, 1.82) is 0 Å². The lowest BCUT2D eigenvalue weighted by Crippen LogP contribution is -2.33. The molecule has 0 aliphatic heterocycles. The average molecular weight is 488 g/mol. The average Bonchev–Trinajstić information content (AvgIpc) is 2.99. The zero-order valence-corrected chi connectivity index (χ0v) is 18.2. The maximum Gasteiger partial charge on any atom is 0.0510 e. The second-order valence-electron chi connectivity index (χ2n) is 7.66. The number of halogens is 2. The van der Waals surface area contributed by atoms with Crippen LogP contribution in [0.25, 0.3) is 22.3 Å². The summed E-state index contributed by atoms with van der Waals surface area (Å²) in [6.07, 6.45) is 0.971. The Hall–Kier alpha value is -2.16. The largest absolute Gasteiger partial charge is 0.0619 e. The van der Waals surface area contributed by atoms with Crippen LogP contribution in [0.5, 0.6) is 0 Å². The Morgan fingerprint density at radius 1 is 0.536 bits per heavy atom. The summed E-state index contributed by atoms with van der Waals surface area (Å²) in [4.78, 5) is 0. The highest BCUT2D eigenvalue weighted by Crippen LogP contribution is 2.58. The number of hydrogen-bond acceptors (Lipinski definition) is 0. The topological polar surface area (TPSA) is 0 Å². The van der Waals surface area contributed by atoms with Crippen LogP contribution in [0.3, 0.4) is 0 Å². The molecule has 1 spiro atoms. The predicted molar refractivity (Wildman–Crippen MR) is 123 cm³/mol. The first kappa shape index (κ1) is 16.8. The predicted octanol–water partition coefficient (Wildman–Crippen LogP) is 7.75. The van der Waals surface area contributed by atoms with Crippen molar-refractivity contribution in [3.8, 4) is 22.3 Å². The van der Waals surface area contributed by atoms with E-state index in [0.717, 1.165) is 15.4 Å². The van der Waals surface area contributed by atoms with Crippen LogP contribution in [-0.2, 0) is 11.8 Å². The first-order chi connectivity index (χ1) is 13.7. The third kappa shape index (κ3) is 2.11. The van der Waals surface area contributed by atoms with Crippen LogP contribution >= 0.6 is 31.9 Å². The fraction of sp³-hybridized carbons (Fsp3) is 0.0769. The van der Waals surface area contributed by atoms with Gasteiger partial charge < -0.3 is 0 Å². The molecule has 0 amide bonds. The highest BCUT2D eigenvalue weighted by molar-refractivity contribution is 9.10. The minimum Gasteiger partial charge on any atom is -0.0619 e. The van der Waals surface area contributed by atoms with Crippen LogP contribution in [0.2, 0.25) is 0 Å². The lowest BCUT2D eigenvalue weighted by atomic mass is 9.63. The van der Waals surface area contributed by atoms with E-state index in [2.05, 4.69) is 117 Å². The fourth-order valence-electron chi connectivity index (χ4n) is 5.26. The number of fused-ring (bicyclic) bond motifs is 9. The van der Waals surface area contributed by atoms with Crippen molar-refractivity contribution in [2.24, 2.45) is 0 Å². The molecular weight excluding hydrogens is 472 g/mol. The molecule has 0 aromatic heterocycles. The van der Waals surface area contributed by atoms with Gasteiger partial charge in [-0.25, -0.2) is 0 Å². The summed E-state index contributed by atoms with van der Waals surface area (Å²) < 4.78 is 2.27. The number of hydrogen-bond donors (Lipinski definition) is 0. The van der Waals surface area contributed by atoms with E-state index in [0.29, 0.717) is 0 Å². The van der Waals surface area contributed by atoms with E-state index in [1.54, 1.807) is 0 Å². The van der Waals surface area contributed by atoms with Gasteiger partial charge in [-0.3, -0.25) is 0 Å². The zero-order valence-electron chi connectivity index (χ0n) is 15.0. The Labute approximate surface area is 181 Å². The van der Waals surface area contributed by atoms with Crippen molar-refractivity contribution >= 4 is 31.9 Å². The molecule has 2 aliphatic rings. The van der Waals surface area contributed by atoms with Gasteiger partial charge in [0.05, 0.1) is 5.41 Å². The Bertz CT molecular complexity index is 1220. The van der Waals surface area contributed by atoms with Crippen molar-refractivity contribution in [3.63, 3.8) is 0 Å². The lowest BCUT2D eigenvalue weighted by Gasteiger charge is -2.39. The molecule has 28 heavy (non-hydrogen) atoms. The summed E-state index contributed by atoms with van der Waals surface area (Å²) in [5, 5.41) is 0. The van der Waals surface area contributed by atoms with Crippen LogP contribution < -0.4 is 0 Å². The normalized spacial score (nSPS) is 14.9. The van der Waals surface area contributed by atoms with E-state index in [-0.39, 0.29) is 5.41 Å². The maximum absolute atomic E-state index is 3.74. The van der Waals surface area contributed by atoms with E-state index in [4.69, 9.17) is 0 Å². The molecule has 0 bridgehead atoms. The third-order valence-electron chi connectivity index (χ3n) is 6.32. The van der Waals surface area contributed by atoms with Crippen LogP contribution in [0, 0.1) is 0 Å². The molecule has 4 aromatic carbocycles. The molecule has 0 nitrogen and oxygen atoms in total. The molecule has 0 atom stereocenters. The third-order valence-corrected chi connectivity index (χ3v) is 7.30. The summed E-state index contributed by atoms with van der Waals surface area (Å²) in [5.74, 6) is 0. The van der Waals surface area contributed by atoms with Gasteiger partial charge in [0, 0.05) is 8.95 Å². The highest BCUT2D eigenvalue weighted by atomic mass is 79.9. The Morgan fingerprint density at radius 2 is 1.07 bits per heavy atom. The van der Waals surface area contributed by atoms with Crippen LogP contribution in [0.15, 0.2) is 93.9 Å². The number of benzene rings is 4. The van der Waals surface area contributed by atoms with Gasteiger partial charge in [0.2, 0.25) is 0 Å². The maximum atomic E-state index is 3.74. The Morgan fingerprint density at radius 3 is 1.75 bits per heavy atom. The van der Waals surface area contributed by atoms with Gasteiger partial charge in [-0.05, 0) is 75.2 Å². The summed E-state index contributed by atoms with van der Waals surface area (Å²) in [6.45, 7) is 0. The van der Waals surface area contributed by atoms with E-state index >= 15 is 0 Å². The Balaban J connectivity index is 1.79. The minimum atomic E-state index is -0.153. The first-order valence-corrected chi connectivity index (χ1v) is 11.1. The van der Waals surface area contributed by atoms with Gasteiger partial charge >= 0.3 is 0 Å². The molecule has 0 saturated carbocycles. The Kier molecular flexibility index (Phi) is 3.54. The number of rotatable bonds is 0. The minimum absolute atomic E-state index is 0.153. The van der Waals surface area contributed by atoms with E-state index in [9.17, 15) is 0 Å². The second-order valence-corrected chi connectivity index (χ2v) is 9.50.